The zero-order chi connectivity index (χ0) is 42.8. The Bertz CT molecular complexity index is 1340. The number of hydrogen-bond donors (Lipinski definition) is 6. The van der Waals surface area contributed by atoms with Crippen LogP contribution in [-0.2, 0) is 41.8 Å². The highest BCUT2D eigenvalue weighted by Gasteiger charge is 2.28. The lowest BCUT2D eigenvalue weighted by Gasteiger charge is -2.20. The molecule has 0 aromatic rings. The predicted molar refractivity (Wildman–Crippen MR) is 219 cm³/mol. The first-order chi connectivity index (χ1) is 27.0. The Hall–Kier alpha value is -2.52. The maximum atomic E-state index is 12.6. The highest BCUT2D eigenvalue weighted by atomic mass is 31.2. The van der Waals surface area contributed by atoms with Crippen LogP contribution in [0.15, 0.2) is 72.9 Å². The van der Waals surface area contributed by atoms with Gasteiger partial charge in [-0.15, -0.1) is 0 Å². The number of allylic oxidation sites excluding steroid dienone is 8. The van der Waals surface area contributed by atoms with Crippen molar-refractivity contribution in [1.29, 1.82) is 0 Å². The number of aliphatic hydroxyl groups excluding tert-OH is 3. The van der Waals surface area contributed by atoms with Crippen molar-refractivity contribution in [3.8, 4) is 0 Å². The average molecular weight is 851 g/mol. The number of hydrogen-bond acceptors (Lipinski definition) is 12. The first-order valence-electron chi connectivity index (χ1n) is 19.7. The van der Waals surface area contributed by atoms with Crippen LogP contribution in [0.4, 0.5) is 0 Å². The third-order valence-corrected chi connectivity index (χ3v) is 9.14. The Kier molecular flexibility index (Phi) is 32.8. The molecule has 0 spiro atoms. The van der Waals surface area contributed by atoms with E-state index in [2.05, 4.69) is 22.9 Å². The van der Waals surface area contributed by atoms with Crippen LogP contribution in [0, 0.1) is 5.92 Å². The summed E-state index contributed by atoms with van der Waals surface area (Å²) in [7, 11) is -9.74. The Morgan fingerprint density at radius 2 is 1.19 bits per heavy atom. The smallest absolute Gasteiger partial charge is 0.462 e. The molecule has 6 N–H and O–H groups in total. The third kappa shape index (κ3) is 38.7. The Morgan fingerprint density at radius 1 is 0.632 bits per heavy atom. The van der Waals surface area contributed by atoms with Crippen molar-refractivity contribution in [2.75, 3.05) is 26.4 Å². The maximum absolute atomic E-state index is 12.6. The second kappa shape index (κ2) is 34.4. The standard InChI is InChI=1S/C40H68O15P2/c1-4-5-16-24-35(41)26-19-14-15-20-27-36(42)25-18-11-7-9-13-22-29-40(45)55-38(32-51-39(44)28-21-12-8-6-10-17-23-34(2)3)33-54-57(49,50)53-31-37(43)30-52-56(46,47)48/h5,9,11,13-16,18-20,26-27,34-38,41-43H,4,6-8,10,12,17,21-25,28-33H2,1-3H3,(H,49,50)(H2,46,47,48)/b13-9-,15-14-,16-5-,18-11-,26-19+,27-20+/t35-,36+,37-,38+/m0/s1. The molecular weight excluding hydrogens is 782 g/mol. The molecule has 0 radical (unpaired) electrons. The van der Waals surface area contributed by atoms with Crippen LogP contribution in [0.1, 0.15) is 111 Å². The number of phosphoric ester groups is 2. The Balaban J connectivity index is 4.80. The molecule has 15 nitrogen and oxygen atoms in total. The average Bonchev–Trinajstić information content (AvgIpc) is 3.14. The first-order valence-corrected chi connectivity index (χ1v) is 22.7. The fraction of sp³-hybridized carbons (Fsp3) is 0.650. The van der Waals surface area contributed by atoms with Crippen LogP contribution in [0.5, 0.6) is 0 Å². The van der Waals surface area contributed by atoms with Crippen molar-refractivity contribution in [1.82, 2.24) is 0 Å². The van der Waals surface area contributed by atoms with Gasteiger partial charge in [-0.05, 0) is 44.4 Å². The molecular formula is C40H68O15P2. The molecule has 0 aromatic heterocycles. The summed E-state index contributed by atoms with van der Waals surface area (Å²) >= 11 is 0. The van der Waals surface area contributed by atoms with Crippen LogP contribution in [0.3, 0.4) is 0 Å². The molecule has 0 rings (SSSR count). The second-order valence-electron chi connectivity index (χ2n) is 13.7. The summed E-state index contributed by atoms with van der Waals surface area (Å²) in [6.45, 7) is 3.52. The summed E-state index contributed by atoms with van der Waals surface area (Å²) in [5.74, 6) is -0.531. The molecule has 0 saturated carbocycles. The minimum Gasteiger partial charge on any atom is -0.462 e. The largest absolute Gasteiger partial charge is 0.472 e. The van der Waals surface area contributed by atoms with Gasteiger partial charge in [0.1, 0.15) is 12.7 Å². The van der Waals surface area contributed by atoms with Crippen molar-refractivity contribution in [3.63, 3.8) is 0 Å². The highest BCUT2D eigenvalue weighted by Crippen LogP contribution is 2.43. The summed E-state index contributed by atoms with van der Waals surface area (Å²) in [5, 5.41) is 29.6. The molecule has 0 aliphatic carbocycles. The van der Waals surface area contributed by atoms with Crippen LogP contribution < -0.4 is 0 Å². The first kappa shape index (κ1) is 54.5. The van der Waals surface area contributed by atoms with E-state index in [0.29, 0.717) is 38.0 Å². The van der Waals surface area contributed by atoms with Gasteiger partial charge >= 0.3 is 27.6 Å². The summed E-state index contributed by atoms with van der Waals surface area (Å²) < 4.78 is 47.4. The minimum atomic E-state index is -4.88. The Morgan fingerprint density at radius 3 is 1.81 bits per heavy atom. The lowest BCUT2D eigenvalue weighted by atomic mass is 10.0. The number of rotatable bonds is 35. The van der Waals surface area contributed by atoms with Crippen molar-refractivity contribution in [3.05, 3.63) is 72.9 Å². The van der Waals surface area contributed by atoms with Crippen molar-refractivity contribution < 1.29 is 71.8 Å². The number of aliphatic hydroxyl groups is 3. The molecule has 0 aliphatic rings. The zero-order valence-corrected chi connectivity index (χ0v) is 35.6. The number of ether oxygens (including phenoxy) is 2. The monoisotopic (exact) mass is 850 g/mol. The van der Waals surface area contributed by atoms with E-state index in [1.165, 1.54) is 12.8 Å². The minimum absolute atomic E-state index is 0.0536. The second-order valence-corrected chi connectivity index (χ2v) is 16.4. The van der Waals surface area contributed by atoms with Gasteiger partial charge in [0.15, 0.2) is 6.10 Å². The van der Waals surface area contributed by atoms with Gasteiger partial charge in [-0.25, -0.2) is 9.13 Å². The van der Waals surface area contributed by atoms with Crippen molar-refractivity contribution in [2.24, 2.45) is 5.92 Å². The van der Waals surface area contributed by atoms with Gasteiger partial charge in [-0.1, -0.05) is 132 Å². The van der Waals surface area contributed by atoms with Gasteiger partial charge < -0.3 is 39.5 Å². The van der Waals surface area contributed by atoms with E-state index in [1.54, 1.807) is 42.5 Å². The molecule has 0 saturated heterocycles. The van der Waals surface area contributed by atoms with E-state index in [0.717, 1.165) is 32.1 Å². The van der Waals surface area contributed by atoms with Gasteiger partial charge in [0.05, 0.1) is 32.0 Å². The fourth-order valence-corrected chi connectivity index (χ4v) is 5.83. The summed E-state index contributed by atoms with van der Waals surface area (Å²) in [5.41, 5.74) is 0. The van der Waals surface area contributed by atoms with Gasteiger partial charge in [0.2, 0.25) is 0 Å². The van der Waals surface area contributed by atoms with Gasteiger partial charge in [0, 0.05) is 12.8 Å². The number of unbranched alkanes of at least 4 members (excludes halogenated alkanes) is 5. The molecule has 0 fully saturated rings. The van der Waals surface area contributed by atoms with Crippen LogP contribution in [0.25, 0.3) is 0 Å². The van der Waals surface area contributed by atoms with Crippen LogP contribution in [-0.4, -0.2) is 92.8 Å². The molecule has 0 aliphatic heterocycles. The SMILES string of the molecule is CC/C=C\C[C@H](O)/C=C/C=C\C=C\[C@H](O)C/C=C\C/C=C\CCC(=O)O[C@H](COC(=O)CCCCCCCCC(C)C)COP(=O)(O)OC[C@@H](O)COP(=O)(O)O. The van der Waals surface area contributed by atoms with E-state index in [4.69, 9.17) is 23.8 Å². The molecule has 0 bridgehead atoms. The predicted octanol–water partition coefficient (Wildman–Crippen LogP) is 7.24. The van der Waals surface area contributed by atoms with Crippen LogP contribution >= 0.6 is 15.6 Å². The molecule has 57 heavy (non-hydrogen) atoms. The zero-order valence-electron chi connectivity index (χ0n) is 33.8. The van der Waals surface area contributed by atoms with Gasteiger partial charge in [-0.2, -0.15) is 0 Å². The van der Waals surface area contributed by atoms with Crippen LogP contribution in [0.2, 0.25) is 0 Å². The van der Waals surface area contributed by atoms with E-state index in [-0.39, 0.29) is 12.8 Å². The number of esters is 2. The lowest BCUT2D eigenvalue weighted by molar-refractivity contribution is -0.161. The van der Waals surface area contributed by atoms with E-state index >= 15 is 0 Å². The number of carbonyl (C=O) groups is 2. The van der Waals surface area contributed by atoms with Crippen molar-refractivity contribution in [2.45, 2.75) is 135 Å². The lowest BCUT2D eigenvalue weighted by Crippen LogP contribution is -2.29. The third-order valence-electron chi connectivity index (χ3n) is 7.71. The molecule has 5 atom stereocenters. The van der Waals surface area contributed by atoms with Gasteiger partial charge in [0.25, 0.3) is 0 Å². The molecule has 17 heteroatoms. The summed E-state index contributed by atoms with van der Waals surface area (Å²) in [6.07, 6.45) is 27.4. The quantitative estimate of drug-likeness (QED) is 0.0121. The summed E-state index contributed by atoms with van der Waals surface area (Å²) in [4.78, 5) is 52.4. The number of carbonyl (C=O) groups excluding carboxylic acids is 2. The topological polar surface area (TPSA) is 236 Å². The molecule has 0 aromatic carbocycles. The Labute approximate surface area is 339 Å². The normalized spacial score (nSPS) is 16.1. The number of phosphoric acid groups is 2. The summed E-state index contributed by atoms with van der Waals surface area (Å²) in [6, 6.07) is 0. The molecule has 0 amide bonds. The molecule has 1 unspecified atom stereocenters. The molecule has 328 valence electrons. The van der Waals surface area contributed by atoms with E-state index < -0.39 is 78.4 Å². The maximum Gasteiger partial charge on any atom is 0.472 e. The molecule has 0 heterocycles. The fourth-order valence-electron chi connectivity index (χ4n) is 4.67. The highest BCUT2D eigenvalue weighted by molar-refractivity contribution is 7.47. The van der Waals surface area contributed by atoms with Crippen molar-refractivity contribution >= 4 is 27.6 Å². The van der Waals surface area contributed by atoms with E-state index in [1.807, 2.05) is 37.3 Å². The van der Waals surface area contributed by atoms with Gasteiger partial charge in [-0.3, -0.25) is 23.2 Å². The van der Waals surface area contributed by atoms with E-state index in [9.17, 15) is 38.9 Å².